The number of ether oxygens (including phenoxy) is 1. The number of anilines is 1. The predicted molar refractivity (Wildman–Crippen MR) is 128 cm³/mol. The van der Waals surface area contributed by atoms with Gasteiger partial charge >= 0.3 is 5.97 Å². The fourth-order valence-corrected chi connectivity index (χ4v) is 4.93. The molecular weight excluding hydrogens is 436 g/mol. The molecule has 0 bridgehead atoms. The predicted octanol–water partition coefficient (Wildman–Crippen LogP) is 4.60. The Hall–Kier alpha value is -3.45. The van der Waals surface area contributed by atoms with E-state index in [-0.39, 0.29) is 24.8 Å². The second-order valence-electron chi connectivity index (χ2n) is 8.38. The number of benzene rings is 2. The first-order valence-corrected chi connectivity index (χ1v) is 11.6. The highest BCUT2D eigenvalue weighted by Gasteiger charge is 2.46. The molecule has 4 rings (SSSR count). The van der Waals surface area contributed by atoms with Crippen molar-refractivity contribution in [3.8, 4) is 0 Å². The molecule has 2 amide bonds. The molecule has 0 spiro atoms. The number of nitrogens with zero attached hydrogens (tertiary/aromatic N) is 2. The van der Waals surface area contributed by atoms with Crippen LogP contribution in [0.1, 0.15) is 38.8 Å². The summed E-state index contributed by atoms with van der Waals surface area (Å²) in [7, 11) is 3.38. The molecule has 1 aliphatic rings. The molecule has 7 heteroatoms. The molecule has 1 aliphatic heterocycles. The van der Waals surface area contributed by atoms with Crippen molar-refractivity contribution >= 4 is 34.8 Å². The molecule has 0 N–H and O–H groups in total. The Kier molecular flexibility index (Phi) is 6.60. The standard InChI is InChI=1S/C26H26N2O4S/c1-17-9-11-20(12-10-17)28-23(29)15-21(24(28)22-8-5-13-33-22)26(31)32-16-18-6-4-7-19(14-18)25(30)27(2)3/h4-14,21,24H,15-16H2,1-3H3. The van der Waals surface area contributed by atoms with Crippen LogP contribution >= 0.6 is 11.3 Å². The van der Waals surface area contributed by atoms with Gasteiger partial charge in [0.1, 0.15) is 6.61 Å². The SMILES string of the molecule is Cc1ccc(N2C(=O)CC(C(=O)OCc3cccc(C(=O)N(C)C)c3)C2c2cccs2)cc1. The van der Waals surface area contributed by atoms with E-state index in [1.54, 1.807) is 37.2 Å². The van der Waals surface area contributed by atoms with Crippen molar-refractivity contribution in [1.29, 1.82) is 0 Å². The highest BCUT2D eigenvalue weighted by molar-refractivity contribution is 7.10. The quantitative estimate of drug-likeness (QED) is 0.503. The third-order valence-electron chi connectivity index (χ3n) is 5.73. The number of esters is 1. The monoisotopic (exact) mass is 462 g/mol. The first kappa shape index (κ1) is 22.7. The van der Waals surface area contributed by atoms with Crippen molar-refractivity contribution < 1.29 is 19.1 Å². The largest absolute Gasteiger partial charge is 0.461 e. The summed E-state index contributed by atoms with van der Waals surface area (Å²) in [6.45, 7) is 2.04. The lowest BCUT2D eigenvalue weighted by Gasteiger charge is -2.27. The average molecular weight is 463 g/mol. The summed E-state index contributed by atoms with van der Waals surface area (Å²) in [5.74, 6) is -1.24. The molecule has 2 aromatic carbocycles. The van der Waals surface area contributed by atoms with Crippen LogP contribution < -0.4 is 4.90 Å². The Morgan fingerprint density at radius 3 is 2.52 bits per heavy atom. The fraction of sp³-hybridized carbons (Fsp3) is 0.269. The number of hydrogen-bond acceptors (Lipinski definition) is 5. The van der Waals surface area contributed by atoms with Crippen LogP contribution in [0, 0.1) is 12.8 Å². The third-order valence-corrected chi connectivity index (χ3v) is 6.68. The molecule has 0 saturated carbocycles. The van der Waals surface area contributed by atoms with Crippen LogP contribution in [0.25, 0.3) is 0 Å². The first-order chi connectivity index (χ1) is 15.8. The van der Waals surface area contributed by atoms with E-state index in [2.05, 4.69) is 0 Å². The second-order valence-corrected chi connectivity index (χ2v) is 9.36. The summed E-state index contributed by atoms with van der Waals surface area (Å²) < 4.78 is 5.65. The summed E-state index contributed by atoms with van der Waals surface area (Å²) >= 11 is 1.52. The number of aryl methyl sites for hydroxylation is 1. The van der Waals surface area contributed by atoms with Gasteiger partial charge in [-0.1, -0.05) is 35.9 Å². The van der Waals surface area contributed by atoms with Crippen LogP contribution in [0.5, 0.6) is 0 Å². The summed E-state index contributed by atoms with van der Waals surface area (Å²) in [5.41, 5.74) is 3.13. The fourth-order valence-electron chi connectivity index (χ4n) is 4.05. The van der Waals surface area contributed by atoms with Crippen LogP contribution in [0.15, 0.2) is 66.0 Å². The molecule has 2 atom stereocenters. The Morgan fingerprint density at radius 2 is 1.85 bits per heavy atom. The molecule has 1 aromatic heterocycles. The van der Waals surface area contributed by atoms with Crippen LogP contribution in [0.4, 0.5) is 5.69 Å². The van der Waals surface area contributed by atoms with Gasteiger partial charge in [-0.3, -0.25) is 14.4 Å². The number of hydrogen-bond donors (Lipinski definition) is 0. The van der Waals surface area contributed by atoms with Crippen molar-refractivity contribution in [3.63, 3.8) is 0 Å². The molecular formula is C26H26N2O4S. The lowest BCUT2D eigenvalue weighted by atomic mass is 9.98. The maximum Gasteiger partial charge on any atom is 0.312 e. The molecule has 6 nitrogen and oxygen atoms in total. The highest BCUT2D eigenvalue weighted by Crippen LogP contribution is 2.43. The minimum absolute atomic E-state index is 0.0414. The Bertz CT molecular complexity index is 1160. The van der Waals surface area contributed by atoms with Gasteiger partial charge in [0.15, 0.2) is 0 Å². The van der Waals surface area contributed by atoms with E-state index >= 15 is 0 Å². The van der Waals surface area contributed by atoms with Gasteiger partial charge in [-0.2, -0.15) is 0 Å². The van der Waals surface area contributed by atoms with Crippen molar-refractivity contribution in [3.05, 3.63) is 87.6 Å². The van der Waals surface area contributed by atoms with E-state index in [0.29, 0.717) is 5.56 Å². The first-order valence-electron chi connectivity index (χ1n) is 10.7. The van der Waals surface area contributed by atoms with Crippen molar-refractivity contribution in [2.24, 2.45) is 5.92 Å². The third kappa shape index (κ3) is 4.83. The highest BCUT2D eigenvalue weighted by atomic mass is 32.1. The molecule has 170 valence electrons. The van der Waals surface area contributed by atoms with Gasteiger partial charge in [-0.15, -0.1) is 11.3 Å². The molecule has 3 aromatic rings. The average Bonchev–Trinajstić information content (AvgIpc) is 3.45. The van der Waals surface area contributed by atoms with Gasteiger partial charge in [-0.25, -0.2) is 0 Å². The Labute approximate surface area is 197 Å². The molecule has 33 heavy (non-hydrogen) atoms. The summed E-state index contributed by atoms with van der Waals surface area (Å²) in [5, 5.41) is 1.95. The van der Waals surface area contributed by atoms with E-state index in [4.69, 9.17) is 4.74 Å². The zero-order valence-corrected chi connectivity index (χ0v) is 19.7. The normalized spacial score (nSPS) is 17.8. The lowest BCUT2D eigenvalue weighted by Crippen LogP contribution is -2.30. The lowest BCUT2D eigenvalue weighted by molar-refractivity contribution is -0.150. The van der Waals surface area contributed by atoms with Gasteiger partial charge in [0.2, 0.25) is 5.91 Å². The maximum absolute atomic E-state index is 13.2. The number of rotatable bonds is 6. The molecule has 0 aliphatic carbocycles. The molecule has 2 unspecified atom stereocenters. The van der Waals surface area contributed by atoms with Gasteiger partial charge < -0.3 is 14.5 Å². The molecule has 1 fully saturated rings. The Balaban J connectivity index is 1.54. The molecule has 1 saturated heterocycles. The van der Waals surface area contributed by atoms with Crippen molar-refractivity contribution in [1.82, 2.24) is 4.90 Å². The van der Waals surface area contributed by atoms with Gasteiger partial charge in [0.05, 0.1) is 12.0 Å². The van der Waals surface area contributed by atoms with E-state index in [1.807, 2.05) is 54.8 Å². The zero-order valence-electron chi connectivity index (χ0n) is 18.9. The van der Waals surface area contributed by atoms with Gasteiger partial charge in [0.25, 0.3) is 5.91 Å². The van der Waals surface area contributed by atoms with Crippen molar-refractivity contribution in [2.75, 3.05) is 19.0 Å². The number of carbonyl (C=O) groups excluding carboxylic acids is 3. The molecule has 0 radical (unpaired) electrons. The Morgan fingerprint density at radius 1 is 1.09 bits per heavy atom. The minimum atomic E-state index is -0.607. The van der Waals surface area contributed by atoms with Crippen LogP contribution in [-0.2, 0) is 20.9 Å². The van der Waals surface area contributed by atoms with Crippen LogP contribution in [-0.4, -0.2) is 36.8 Å². The van der Waals surface area contributed by atoms with Crippen molar-refractivity contribution in [2.45, 2.75) is 26.0 Å². The second kappa shape index (κ2) is 9.58. The summed E-state index contributed by atoms with van der Waals surface area (Å²) in [6.07, 6.45) is 0.0917. The van der Waals surface area contributed by atoms with E-state index in [1.165, 1.54) is 16.2 Å². The number of thiophene rings is 1. The van der Waals surface area contributed by atoms with Crippen LogP contribution in [0.2, 0.25) is 0 Å². The molecule has 2 heterocycles. The number of amides is 2. The maximum atomic E-state index is 13.2. The van der Waals surface area contributed by atoms with E-state index in [0.717, 1.165) is 21.7 Å². The van der Waals surface area contributed by atoms with E-state index < -0.39 is 17.9 Å². The van der Waals surface area contributed by atoms with E-state index in [9.17, 15) is 14.4 Å². The number of carbonyl (C=O) groups is 3. The zero-order chi connectivity index (χ0) is 23.5. The minimum Gasteiger partial charge on any atom is -0.461 e. The summed E-state index contributed by atoms with van der Waals surface area (Å²) in [4.78, 5) is 42.6. The summed E-state index contributed by atoms with van der Waals surface area (Å²) in [6, 6.07) is 18.3. The smallest absolute Gasteiger partial charge is 0.312 e. The van der Waals surface area contributed by atoms with Crippen LogP contribution in [0.3, 0.4) is 0 Å². The van der Waals surface area contributed by atoms with Gasteiger partial charge in [-0.05, 0) is 48.2 Å². The van der Waals surface area contributed by atoms with Gasteiger partial charge in [0, 0.05) is 36.6 Å². The topological polar surface area (TPSA) is 66.9 Å².